The minimum absolute atomic E-state index is 0.0389. The van der Waals surface area contributed by atoms with Crippen LogP contribution < -0.4 is 10.6 Å². The highest BCUT2D eigenvalue weighted by atomic mass is 79.9. The number of anilines is 1. The van der Waals surface area contributed by atoms with Gasteiger partial charge in [0.15, 0.2) is 0 Å². The van der Waals surface area contributed by atoms with Gasteiger partial charge in [-0.3, -0.25) is 9.59 Å². The Kier molecular flexibility index (Phi) is 6.79. The molecule has 2 aromatic rings. The Hall–Kier alpha value is -2.35. The van der Waals surface area contributed by atoms with Gasteiger partial charge in [-0.05, 0) is 41.8 Å². The van der Waals surface area contributed by atoms with Crippen molar-refractivity contribution in [2.45, 2.75) is 25.6 Å². The van der Waals surface area contributed by atoms with E-state index in [1.54, 1.807) is 17.4 Å². The van der Waals surface area contributed by atoms with Crippen molar-refractivity contribution in [2.24, 2.45) is 0 Å². The van der Waals surface area contributed by atoms with Crippen molar-refractivity contribution in [1.29, 1.82) is 0 Å². The lowest BCUT2D eigenvalue weighted by Crippen LogP contribution is -2.29. The van der Waals surface area contributed by atoms with Crippen LogP contribution >= 0.6 is 15.9 Å². The molecule has 0 saturated heterocycles. The van der Waals surface area contributed by atoms with Crippen molar-refractivity contribution in [1.82, 2.24) is 5.32 Å². The van der Waals surface area contributed by atoms with Crippen LogP contribution in [0.3, 0.4) is 0 Å². The van der Waals surface area contributed by atoms with Gasteiger partial charge in [0, 0.05) is 23.1 Å². The van der Waals surface area contributed by atoms with Crippen LogP contribution in [0.2, 0.25) is 0 Å². The molecule has 0 aromatic heterocycles. The number of carbonyl (C=O) groups excluding carboxylic acids is 2. The first-order valence-corrected chi connectivity index (χ1v) is 8.51. The molecule has 0 heterocycles. The molecule has 138 valence electrons. The number of nitrogens with one attached hydrogen (secondary N) is 2. The zero-order chi connectivity index (χ0) is 19.2. The van der Waals surface area contributed by atoms with E-state index in [9.17, 15) is 22.8 Å². The van der Waals surface area contributed by atoms with Crippen molar-refractivity contribution in [3.8, 4) is 0 Å². The summed E-state index contributed by atoms with van der Waals surface area (Å²) in [7, 11) is 0. The molecule has 0 saturated carbocycles. The zero-order valence-corrected chi connectivity index (χ0v) is 15.2. The van der Waals surface area contributed by atoms with Crippen LogP contribution in [0.5, 0.6) is 0 Å². The van der Waals surface area contributed by atoms with Gasteiger partial charge >= 0.3 is 12.1 Å². The quantitative estimate of drug-likeness (QED) is 0.724. The summed E-state index contributed by atoms with van der Waals surface area (Å²) in [6, 6.07) is 13.5. The van der Waals surface area contributed by atoms with Crippen LogP contribution in [0, 0.1) is 0 Å². The number of rotatable bonds is 6. The highest BCUT2D eigenvalue weighted by Gasteiger charge is 2.38. The van der Waals surface area contributed by atoms with E-state index in [1.807, 2.05) is 24.3 Å². The number of hydrogen-bond acceptors (Lipinski definition) is 2. The molecule has 8 heteroatoms. The van der Waals surface area contributed by atoms with Crippen LogP contribution in [0.25, 0.3) is 0 Å². The molecule has 2 N–H and O–H groups in total. The maximum atomic E-state index is 12.2. The second-order valence-corrected chi connectivity index (χ2v) is 6.47. The Balaban J connectivity index is 1.78. The minimum atomic E-state index is -4.93. The monoisotopic (exact) mass is 428 g/mol. The van der Waals surface area contributed by atoms with Crippen LogP contribution in [0.1, 0.15) is 17.5 Å². The van der Waals surface area contributed by atoms with E-state index in [0.29, 0.717) is 18.4 Å². The molecule has 2 aromatic carbocycles. The fourth-order valence-corrected chi connectivity index (χ4v) is 2.59. The molecule has 0 spiro atoms. The molecule has 26 heavy (non-hydrogen) atoms. The van der Waals surface area contributed by atoms with Gasteiger partial charge < -0.3 is 10.6 Å². The molecule has 0 radical (unpaired) electrons. The molecule has 0 atom stereocenters. The number of benzene rings is 2. The minimum Gasteiger partial charge on any atom is -0.352 e. The van der Waals surface area contributed by atoms with Crippen LogP contribution in [0.4, 0.5) is 18.9 Å². The molecule has 0 unspecified atom stereocenters. The molecule has 4 nitrogen and oxygen atoms in total. The van der Waals surface area contributed by atoms with Crippen LogP contribution in [-0.4, -0.2) is 18.0 Å². The molecule has 0 aliphatic carbocycles. The molecule has 2 amide bonds. The van der Waals surface area contributed by atoms with E-state index in [1.165, 1.54) is 12.1 Å². The second kappa shape index (κ2) is 8.84. The first kappa shape index (κ1) is 20.0. The summed E-state index contributed by atoms with van der Waals surface area (Å²) in [6.07, 6.45) is -4.00. The van der Waals surface area contributed by atoms with Crippen LogP contribution in [0.15, 0.2) is 53.0 Å². The molecule has 2 rings (SSSR count). The van der Waals surface area contributed by atoms with E-state index in [0.717, 1.165) is 10.0 Å². The number of hydrogen-bond donors (Lipinski definition) is 2. The zero-order valence-electron chi connectivity index (χ0n) is 13.6. The van der Waals surface area contributed by atoms with Gasteiger partial charge in [-0.2, -0.15) is 13.2 Å². The summed E-state index contributed by atoms with van der Waals surface area (Å²) >= 11 is 3.37. The SMILES string of the molecule is O=C(CCc1cccc(Br)c1)NCc1ccc(NC(=O)C(F)(F)F)cc1. The van der Waals surface area contributed by atoms with Crippen molar-refractivity contribution >= 4 is 33.4 Å². The molecular formula is C18H16BrF3N2O2. The van der Waals surface area contributed by atoms with E-state index < -0.39 is 12.1 Å². The second-order valence-electron chi connectivity index (χ2n) is 5.56. The van der Waals surface area contributed by atoms with Crippen molar-refractivity contribution in [3.05, 3.63) is 64.1 Å². The predicted octanol–water partition coefficient (Wildman–Crippen LogP) is 4.20. The molecule has 0 bridgehead atoms. The number of halogens is 4. The van der Waals surface area contributed by atoms with Gasteiger partial charge in [-0.15, -0.1) is 0 Å². The summed E-state index contributed by atoms with van der Waals surface area (Å²) in [5.41, 5.74) is 1.79. The average Bonchev–Trinajstić information content (AvgIpc) is 2.58. The Morgan fingerprint density at radius 1 is 1.00 bits per heavy atom. The van der Waals surface area contributed by atoms with Gasteiger partial charge in [0.1, 0.15) is 0 Å². The smallest absolute Gasteiger partial charge is 0.352 e. The topological polar surface area (TPSA) is 58.2 Å². The van der Waals surface area contributed by atoms with Gasteiger partial charge in [0.05, 0.1) is 0 Å². The van der Waals surface area contributed by atoms with Gasteiger partial charge in [-0.1, -0.05) is 40.2 Å². The van der Waals surface area contributed by atoms with Gasteiger partial charge in [0.25, 0.3) is 0 Å². The number of amides is 2. The Morgan fingerprint density at radius 2 is 1.69 bits per heavy atom. The molecule has 0 aliphatic heterocycles. The predicted molar refractivity (Wildman–Crippen MR) is 95.4 cm³/mol. The average molecular weight is 429 g/mol. The van der Waals surface area contributed by atoms with Crippen LogP contribution in [-0.2, 0) is 22.6 Å². The fraction of sp³-hybridized carbons (Fsp3) is 0.222. The summed E-state index contributed by atoms with van der Waals surface area (Å²) in [4.78, 5) is 22.7. The highest BCUT2D eigenvalue weighted by molar-refractivity contribution is 9.10. The summed E-state index contributed by atoms with van der Waals surface area (Å²) in [5.74, 6) is -2.15. The normalized spacial score (nSPS) is 11.1. The maximum Gasteiger partial charge on any atom is 0.471 e. The third-order valence-electron chi connectivity index (χ3n) is 3.49. The van der Waals surface area contributed by atoms with Crippen molar-refractivity contribution in [3.63, 3.8) is 0 Å². The van der Waals surface area contributed by atoms with Crippen molar-refractivity contribution < 1.29 is 22.8 Å². The van der Waals surface area contributed by atoms with Gasteiger partial charge in [-0.25, -0.2) is 0 Å². The summed E-state index contributed by atoms with van der Waals surface area (Å²) in [5, 5.41) is 4.51. The maximum absolute atomic E-state index is 12.2. The third kappa shape index (κ3) is 6.51. The Morgan fingerprint density at radius 3 is 2.31 bits per heavy atom. The number of carbonyl (C=O) groups is 2. The fourth-order valence-electron chi connectivity index (χ4n) is 2.15. The van der Waals surface area contributed by atoms with E-state index >= 15 is 0 Å². The largest absolute Gasteiger partial charge is 0.471 e. The first-order valence-electron chi connectivity index (χ1n) is 7.72. The van der Waals surface area contributed by atoms with E-state index in [-0.39, 0.29) is 18.1 Å². The lowest BCUT2D eigenvalue weighted by atomic mass is 10.1. The lowest BCUT2D eigenvalue weighted by Gasteiger charge is -2.09. The number of alkyl halides is 3. The Labute approximate surface area is 156 Å². The third-order valence-corrected chi connectivity index (χ3v) is 3.98. The van der Waals surface area contributed by atoms with Gasteiger partial charge in [0.2, 0.25) is 5.91 Å². The van der Waals surface area contributed by atoms with E-state index in [4.69, 9.17) is 0 Å². The number of aryl methyl sites for hydroxylation is 1. The summed E-state index contributed by atoms with van der Waals surface area (Å²) in [6.45, 7) is 0.255. The first-order chi connectivity index (χ1) is 12.2. The summed E-state index contributed by atoms with van der Waals surface area (Å²) < 4.78 is 37.5. The van der Waals surface area contributed by atoms with E-state index in [2.05, 4.69) is 21.2 Å². The lowest BCUT2D eigenvalue weighted by molar-refractivity contribution is -0.167. The van der Waals surface area contributed by atoms with Crippen molar-refractivity contribution in [2.75, 3.05) is 5.32 Å². The molecule has 0 fully saturated rings. The molecular weight excluding hydrogens is 413 g/mol. The molecule has 0 aliphatic rings. The Bertz CT molecular complexity index is 777. The standard InChI is InChI=1S/C18H16BrF3N2O2/c19-14-3-1-2-12(10-14)6-9-16(25)23-11-13-4-7-15(8-5-13)24-17(26)18(20,21)22/h1-5,7-8,10H,6,9,11H2,(H,23,25)(H,24,26). The highest BCUT2D eigenvalue weighted by Crippen LogP contribution is 2.18.